The molecule has 4 heterocycles. The summed E-state index contributed by atoms with van der Waals surface area (Å²) in [5.41, 5.74) is 5.08. The molecule has 0 bridgehead atoms. The zero-order valence-corrected chi connectivity index (χ0v) is 21.2. The van der Waals surface area contributed by atoms with Crippen LogP contribution in [0.4, 0.5) is 11.5 Å². The van der Waals surface area contributed by atoms with Gasteiger partial charge in [0.1, 0.15) is 10.7 Å². The molecule has 0 atom stereocenters. The summed E-state index contributed by atoms with van der Waals surface area (Å²) >= 11 is 1.40. The van der Waals surface area contributed by atoms with Gasteiger partial charge in [-0.1, -0.05) is 36.4 Å². The van der Waals surface area contributed by atoms with E-state index < -0.39 is 0 Å². The predicted molar refractivity (Wildman–Crippen MR) is 146 cm³/mol. The summed E-state index contributed by atoms with van der Waals surface area (Å²) in [5, 5.41) is 10.6. The normalized spacial score (nSPS) is 11.3. The number of H-pyrrole nitrogens is 1. The summed E-state index contributed by atoms with van der Waals surface area (Å²) in [6.07, 6.45) is 0. The van der Waals surface area contributed by atoms with Crippen molar-refractivity contribution in [2.75, 3.05) is 5.32 Å². The summed E-state index contributed by atoms with van der Waals surface area (Å²) in [4.78, 5) is 33.7. The molecule has 10 heteroatoms. The molecule has 0 saturated heterocycles. The Kier molecular flexibility index (Phi) is 5.38. The first-order valence-corrected chi connectivity index (χ1v) is 12.6. The first kappa shape index (κ1) is 22.7. The summed E-state index contributed by atoms with van der Waals surface area (Å²) in [6, 6.07) is 20.7. The lowest BCUT2D eigenvalue weighted by Crippen LogP contribution is -2.20. The third-order valence-electron chi connectivity index (χ3n) is 6.37. The number of hydrogen-bond donors (Lipinski definition) is 2. The Bertz CT molecular complexity index is 1880. The molecule has 2 N–H and O–H groups in total. The largest absolute Gasteiger partial charge is 0.338 e. The average Bonchev–Trinajstić information content (AvgIpc) is 3.55. The lowest BCUT2D eigenvalue weighted by molar-refractivity contribution is 0.630. The number of thiazole rings is 1. The van der Waals surface area contributed by atoms with Crippen LogP contribution in [0.15, 0.2) is 81.7 Å². The van der Waals surface area contributed by atoms with Crippen molar-refractivity contribution >= 4 is 28.5 Å². The number of nitrogens with one attached hydrogen (secondary N) is 2. The molecule has 184 valence electrons. The number of rotatable bonds is 5. The number of aryl methyl sites for hydroxylation is 1. The highest BCUT2D eigenvalue weighted by atomic mass is 32.1. The van der Waals surface area contributed by atoms with Gasteiger partial charge in [-0.3, -0.25) is 14.3 Å². The second-order valence-electron chi connectivity index (χ2n) is 8.72. The maximum Gasteiger partial charge on any atom is 0.281 e. The van der Waals surface area contributed by atoms with Crippen LogP contribution in [0.25, 0.3) is 33.2 Å². The first-order valence-electron chi connectivity index (χ1n) is 11.7. The molecule has 0 amide bonds. The van der Waals surface area contributed by atoms with E-state index in [0.717, 1.165) is 17.1 Å². The topological polar surface area (TPSA) is 102 Å². The van der Waals surface area contributed by atoms with Crippen molar-refractivity contribution in [2.45, 2.75) is 13.8 Å². The van der Waals surface area contributed by atoms with E-state index in [1.54, 1.807) is 9.20 Å². The minimum absolute atomic E-state index is 0.144. The first-order chi connectivity index (χ1) is 17.9. The Morgan fingerprint density at radius 2 is 1.65 bits per heavy atom. The fourth-order valence-electron chi connectivity index (χ4n) is 4.51. The highest BCUT2D eigenvalue weighted by molar-refractivity contribution is 7.13. The smallest absolute Gasteiger partial charge is 0.281 e. The maximum absolute atomic E-state index is 13.5. The van der Waals surface area contributed by atoms with Gasteiger partial charge in [-0.2, -0.15) is 0 Å². The fourth-order valence-corrected chi connectivity index (χ4v) is 5.36. The SMILES string of the molecule is Cc1c(-c2csc(-c3c(Nc4ccccc4)nn4c(C)cc(=O)[nH]c34)n2)c(=O)n(-c2ccccc2)n1C. The molecule has 0 spiro atoms. The number of fused-ring (bicyclic) bond motifs is 1. The lowest BCUT2D eigenvalue weighted by atomic mass is 10.2. The van der Waals surface area contributed by atoms with Crippen LogP contribution in [-0.2, 0) is 7.05 Å². The molecule has 0 aliphatic heterocycles. The third kappa shape index (κ3) is 3.78. The van der Waals surface area contributed by atoms with Crippen molar-refractivity contribution in [3.63, 3.8) is 0 Å². The summed E-state index contributed by atoms with van der Waals surface area (Å²) < 4.78 is 5.17. The zero-order valence-electron chi connectivity index (χ0n) is 20.4. The Labute approximate surface area is 215 Å². The molecule has 0 unspecified atom stereocenters. The average molecular weight is 510 g/mol. The monoisotopic (exact) mass is 509 g/mol. The molecule has 9 nitrogen and oxygen atoms in total. The molecular formula is C27H23N7O2S. The molecular weight excluding hydrogens is 486 g/mol. The van der Waals surface area contributed by atoms with Crippen LogP contribution in [0.2, 0.25) is 0 Å². The van der Waals surface area contributed by atoms with Gasteiger partial charge < -0.3 is 10.3 Å². The van der Waals surface area contributed by atoms with Gasteiger partial charge in [0.15, 0.2) is 5.82 Å². The second kappa shape index (κ2) is 8.75. The summed E-state index contributed by atoms with van der Waals surface area (Å²) in [7, 11) is 1.86. The number of para-hydroxylation sites is 2. The molecule has 37 heavy (non-hydrogen) atoms. The molecule has 4 aromatic heterocycles. The van der Waals surface area contributed by atoms with Gasteiger partial charge in [0.2, 0.25) is 0 Å². The summed E-state index contributed by atoms with van der Waals surface area (Å²) in [5.74, 6) is 0.559. The minimum Gasteiger partial charge on any atom is -0.338 e. The maximum atomic E-state index is 13.5. The van der Waals surface area contributed by atoms with Gasteiger partial charge in [0, 0.05) is 35.6 Å². The number of anilines is 2. The molecule has 0 aliphatic carbocycles. The van der Waals surface area contributed by atoms with Gasteiger partial charge in [-0.15, -0.1) is 16.4 Å². The van der Waals surface area contributed by atoms with E-state index in [1.165, 1.54) is 17.4 Å². The van der Waals surface area contributed by atoms with Crippen LogP contribution in [0.3, 0.4) is 0 Å². The molecule has 2 aromatic carbocycles. The zero-order chi connectivity index (χ0) is 25.7. The van der Waals surface area contributed by atoms with Crippen LogP contribution >= 0.6 is 11.3 Å². The van der Waals surface area contributed by atoms with E-state index >= 15 is 0 Å². The third-order valence-corrected chi connectivity index (χ3v) is 7.23. The number of benzene rings is 2. The van der Waals surface area contributed by atoms with E-state index in [4.69, 9.17) is 10.1 Å². The van der Waals surface area contributed by atoms with Crippen LogP contribution in [0.5, 0.6) is 0 Å². The quantitative estimate of drug-likeness (QED) is 0.352. The van der Waals surface area contributed by atoms with Crippen molar-refractivity contribution in [3.8, 4) is 27.5 Å². The molecule has 6 aromatic rings. The van der Waals surface area contributed by atoms with Gasteiger partial charge in [0.25, 0.3) is 11.1 Å². The van der Waals surface area contributed by atoms with Crippen LogP contribution in [0.1, 0.15) is 11.4 Å². The molecule has 0 radical (unpaired) electrons. The molecule has 0 aliphatic rings. The fraction of sp³-hybridized carbons (Fsp3) is 0.111. The molecule has 0 fully saturated rings. The van der Waals surface area contributed by atoms with E-state index in [2.05, 4.69) is 10.3 Å². The van der Waals surface area contributed by atoms with Crippen molar-refractivity contribution in [1.29, 1.82) is 0 Å². The van der Waals surface area contributed by atoms with E-state index in [1.807, 2.05) is 91.6 Å². The van der Waals surface area contributed by atoms with Crippen molar-refractivity contribution in [2.24, 2.45) is 7.05 Å². The van der Waals surface area contributed by atoms with E-state index in [0.29, 0.717) is 39.0 Å². The van der Waals surface area contributed by atoms with Crippen molar-refractivity contribution < 1.29 is 0 Å². The van der Waals surface area contributed by atoms with Gasteiger partial charge >= 0.3 is 0 Å². The Morgan fingerprint density at radius 1 is 0.946 bits per heavy atom. The lowest BCUT2D eigenvalue weighted by Gasteiger charge is -2.07. The number of nitrogens with zero attached hydrogens (tertiary/aromatic N) is 5. The standard InChI is InChI=1S/C27H23N7O2S/c1-16-14-21(35)30-25-23(24(31-33(16)25)28-18-10-6-4-7-11-18)26-29-20(15-37-26)22-17(2)32(3)34(27(22)36)19-12-8-5-9-13-19/h4-15H,1-3H3,(H,28,31)(H,30,35). The van der Waals surface area contributed by atoms with Gasteiger partial charge in [0.05, 0.1) is 22.5 Å². The molecule has 0 saturated carbocycles. The highest BCUT2D eigenvalue weighted by Crippen LogP contribution is 2.37. The van der Waals surface area contributed by atoms with E-state index in [-0.39, 0.29) is 11.1 Å². The van der Waals surface area contributed by atoms with Gasteiger partial charge in [-0.25, -0.2) is 14.2 Å². The van der Waals surface area contributed by atoms with Crippen LogP contribution in [0, 0.1) is 13.8 Å². The predicted octanol–water partition coefficient (Wildman–Crippen LogP) is 4.66. The number of aromatic nitrogens is 6. The molecule has 6 rings (SSSR count). The summed E-state index contributed by atoms with van der Waals surface area (Å²) in [6.45, 7) is 3.74. The Hall–Kier alpha value is -4.70. The number of aromatic amines is 1. The Morgan fingerprint density at radius 3 is 2.38 bits per heavy atom. The van der Waals surface area contributed by atoms with E-state index in [9.17, 15) is 9.59 Å². The van der Waals surface area contributed by atoms with Crippen molar-refractivity contribution in [1.82, 2.24) is 28.9 Å². The number of hydrogen-bond acceptors (Lipinski definition) is 6. The van der Waals surface area contributed by atoms with Crippen molar-refractivity contribution in [3.05, 3.63) is 104 Å². The van der Waals surface area contributed by atoms with Crippen LogP contribution < -0.4 is 16.4 Å². The second-order valence-corrected chi connectivity index (χ2v) is 9.58. The Balaban J connectivity index is 1.52. The highest BCUT2D eigenvalue weighted by Gasteiger charge is 2.24. The van der Waals surface area contributed by atoms with Gasteiger partial charge in [-0.05, 0) is 38.1 Å². The minimum atomic E-state index is -0.223. The van der Waals surface area contributed by atoms with Crippen LogP contribution in [-0.4, -0.2) is 28.9 Å².